The molecule has 18 heavy (non-hydrogen) atoms. The molecule has 0 atom stereocenters. The second-order valence-electron chi connectivity index (χ2n) is 3.57. The van der Waals surface area contributed by atoms with Crippen molar-refractivity contribution >= 4 is 33.1 Å². The van der Waals surface area contributed by atoms with Gasteiger partial charge < -0.3 is 10.5 Å². The van der Waals surface area contributed by atoms with E-state index in [1.54, 1.807) is 18.2 Å². The third-order valence-electron chi connectivity index (χ3n) is 2.07. The molecule has 0 bridgehead atoms. The maximum atomic E-state index is 11.9. The van der Waals surface area contributed by atoms with Gasteiger partial charge in [0.1, 0.15) is 10.7 Å². The van der Waals surface area contributed by atoms with Crippen LogP contribution in [0.15, 0.2) is 22.7 Å². The maximum absolute atomic E-state index is 11.9. The molecule has 0 radical (unpaired) electrons. The maximum Gasteiger partial charge on any atom is 0.389 e. The minimum Gasteiger partial charge on any atom is -0.493 e. The van der Waals surface area contributed by atoms with Gasteiger partial charge in [-0.15, -0.1) is 0 Å². The fourth-order valence-corrected chi connectivity index (χ4v) is 1.78. The van der Waals surface area contributed by atoms with Crippen LogP contribution in [0.3, 0.4) is 0 Å². The molecule has 1 aromatic carbocycles. The first kappa shape index (κ1) is 15.2. The van der Waals surface area contributed by atoms with Crippen LogP contribution in [0.5, 0.6) is 5.75 Å². The Bertz CT molecular complexity index is 437. The van der Waals surface area contributed by atoms with Gasteiger partial charge in [-0.2, -0.15) is 13.2 Å². The highest BCUT2D eigenvalue weighted by molar-refractivity contribution is 9.10. The SMILES string of the molecule is NC(=S)c1ccc(Br)cc1OCCCC(F)(F)F. The topological polar surface area (TPSA) is 35.2 Å². The Morgan fingerprint density at radius 2 is 2.06 bits per heavy atom. The fourth-order valence-electron chi connectivity index (χ4n) is 1.27. The molecule has 0 unspecified atom stereocenters. The van der Waals surface area contributed by atoms with Crippen molar-refractivity contribution in [2.24, 2.45) is 5.73 Å². The number of nitrogens with two attached hydrogens (primary N) is 1. The summed E-state index contributed by atoms with van der Waals surface area (Å²) in [5.41, 5.74) is 6.01. The number of alkyl halides is 3. The van der Waals surface area contributed by atoms with Gasteiger partial charge in [0.25, 0.3) is 0 Å². The first-order valence-corrected chi connectivity index (χ1v) is 6.28. The van der Waals surface area contributed by atoms with Crippen molar-refractivity contribution in [3.8, 4) is 5.75 Å². The molecule has 0 saturated heterocycles. The van der Waals surface area contributed by atoms with Crippen molar-refractivity contribution in [2.75, 3.05) is 6.61 Å². The summed E-state index contributed by atoms with van der Waals surface area (Å²) >= 11 is 8.08. The summed E-state index contributed by atoms with van der Waals surface area (Å²) in [4.78, 5) is 0.147. The summed E-state index contributed by atoms with van der Waals surface area (Å²) in [6, 6.07) is 5.02. The van der Waals surface area contributed by atoms with Gasteiger partial charge >= 0.3 is 6.18 Å². The Morgan fingerprint density at radius 3 is 2.61 bits per heavy atom. The predicted octanol–water partition coefficient (Wildman–Crippen LogP) is 3.80. The quantitative estimate of drug-likeness (QED) is 0.653. The van der Waals surface area contributed by atoms with Crippen LogP contribution < -0.4 is 10.5 Å². The number of hydrogen-bond donors (Lipinski definition) is 1. The lowest BCUT2D eigenvalue weighted by Crippen LogP contribution is -2.13. The lowest BCUT2D eigenvalue weighted by Gasteiger charge is -2.12. The summed E-state index contributed by atoms with van der Waals surface area (Å²) in [7, 11) is 0. The normalized spacial score (nSPS) is 11.3. The molecule has 0 aliphatic carbocycles. The Kier molecular flexibility index (Phi) is 5.40. The van der Waals surface area contributed by atoms with Crippen molar-refractivity contribution < 1.29 is 17.9 Å². The van der Waals surface area contributed by atoms with Gasteiger partial charge in [0.15, 0.2) is 0 Å². The van der Waals surface area contributed by atoms with E-state index in [4.69, 9.17) is 22.7 Å². The van der Waals surface area contributed by atoms with Gasteiger partial charge in [0.2, 0.25) is 0 Å². The first-order valence-electron chi connectivity index (χ1n) is 5.08. The summed E-state index contributed by atoms with van der Waals surface area (Å²) in [6.07, 6.45) is -5.14. The molecule has 0 fully saturated rings. The lowest BCUT2D eigenvalue weighted by atomic mass is 10.2. The summed E-state index contributed by atoms with van der Waals surface area (Å²) in [5.74, 6) is 0.388. The zero-order chi connectivity index (χ0) is 13.8. The number of ether oxygens (including phenoxy) is 1. The Labute approximate surface area is 116 Å². The summed E-state index contributed by atoms with van der Waals surface area (Å²) < 4.78 is 41.9. The third-order valence-corrected chi connectivity index (χ3v) is 2.78. The average Bonchev–Trinajstić information content (AvgIpc) is 2.22. The first-order chi connectivity index (χ1) is 8.29. The molecule has 2 nitrogen and oxygen atoms in total. The minimum atomic E-state index is -4.16. The molecule has 1 aromatic rings. The van der Waals surface area contributed by atoms with Gasteiger partial charge in [-0.3, -0.25) is 0 Å². The number of benzene rings is 1. The Hall–Kier alpha value is -0.820. The number of rotatable bonds is 5. The van der Waals surface area contributed by atoms with E-state index in [0.717, 1.165) is 4.47 Å². The monoisotopic (exact) mass is 341 g/mol. The van der Waals surface area contributed by atoms with E-state index < -0.39 is 12.6 Å². The molecule has 7 heteroatoms. The highest BCUT2D eigenvalue weighted by Crippen LogP contribution is 2.25. The van der Waals surface area contributed by atoms with Gasteiger partial charge in [-0.25, -0.2) is 0 Å². The predicted molar refractivity (Wildman–Crippen MR) is 70.8 cm³/mol. The number of thiocarbonyl (C=S) groups is 1. The van der Waals surface area contributed by atoms with Crippen molar-refractivity contribution in [2.45, 2.75) is 19.0 Å². The van der Waals surface area contributed by atoms with Crippen LogP contribution in [0, 0.1) is 0 Å². The highest BCUT2D eigenvalue weighted by atomic mass is 79.9. The molecule has 0 spiro atoms. The number of halogens is 4. The van der Waals surface area contributed by atoms with Crippen LogP contribution in [-0.4, -0.2) is 17.8 Å². The molecule has 0 aromatic heterocycles. The summed E-state index contributed by atoms with van der Waals surface area (Å²) in [5, 5.41) is 0. The van der Waals surface area contributed by atoms with Gasteiger partial charge in [-0.1, -0.05) is 28.1 Å². The van der Waals surface area contributed by atoms with E-state index in [2.05, 4.69) is 15.9 Å². The Balaban J connectivity index is 2.61. The smallest absolute Gasteiger partial charge is 0.389 e. The fraction of sp³-hybridized carbons (Fsp3) is 0.364. The van der Waals surface area contributed by atoms with Crippen molar-refractivity contribution in [1.82, 2.24) is 0 Å². The standard InChI is InChI=1S/C11H11BrF3NOS/c12-7-2-3-8(10(16)18)9(6-7)17-5-1-4-11(13,14)15/h2-3,6H,1,4-5H2,(H2,16,18). The van der Waals surface area contributed by atoms with Crippen molar-refractivity contribution in [1.29, 1.82) is 0 Å². The Morgan fingerprint density at radius 1 is 1.39 bits per heavy atom. The molecule has 0 heterocycles. The van der Waals surface area contributed by atoms with Gasteiger partial charge in [0.05, 0.1) is 12.2 Å². The van der Waals surface area contributed by atoms with E-state index in [1.165, 1.54) is 0 Å². The van der Waals surface area contributed by atoms with Crippen LogP contribution in [-0.2, 0) is 0 Å². The number of hydrogen-bond acceptors (Lipinski definition) is 2. The average molecular weight is 342 g/mol. The second-order valence-corrected chi connectivity index (χ2v) is 4.93. The molecular weight excluding hydrogens is 331 g/mol. The van der Waals surface area contributed by atoms with Gasteiger partial charge in [0, 0.05) is 10.9 Å². The molecule has 0 aliphatic heterocycles. The molecule has 1 rings (SSSR count). The second kappa shape index (κ2) is 6.38. The van der Waals surface area contributed by atoms with E-state index in [0.29, 0.717) is 11.3 Å². The van der Waals surface area contributed by atoms with Crippen LogP contribution in [0.4, 0.5) is 13.2 Å². The molecular formula is C11H11BrF3NOS. The van der Waals surface area contributed by atoms with Crippen LogP contribution in [0.1, 0.15) is 18.4 Å². The highest BCUT2D eigenvalue weighted by Gasteiger charge is 2.26. The summed E-state index contributed by atoms with van der Waals surface area (Å²) in [6.45, 7) is -0.0361. The molecule has 0 aliphatic rings. The lowest BCUT2D eigenvalue weighted by molar-refractivity contribution is -0.136. The van der Waals surface area contributed by atoms with Crippen LogP contribution in [0.2, 0.25) is 0 Å². The minimum absolute atomic E-state index is 0.0361. The molecule has 100 valence electrons. The van der Waals surface area contributed by atoms with Crippen LogP contribution in [0.25, 0.3) is 0 Å². The van der Waals surface area contributed by atoms with E-state index in [1.807, 2.05) is 0 Å². The van der Waals surface area contributed by atoms with Crippen molar-refractivity contribution in [3.05, 3.63) is 28.2 Å². The van der Waals surface area contributed by atoms with Crippen molar-refractivity contribution in [3.63, 3.8) is 0 Å². The van der Waals surface area contributed by atoms with E-state index >= 15 is 0 Å². The third kappa shape index (κ3) is 5.22. The zero-order valence-electron chi connectivity index (χ0n) is 9.26. The molecule has 2 N–H and O–H groups in total. The molecule has 0 saturated carbocycles. The van der Waals surface area contributed by atoms with E-state index in [9.17, 15) is 13.2 Å². The van der Waals surface area contributed by atoms with E-state index in [-0.39, 0.29) is 18.0 Å². The zero-order valence-corrected chi connectivity index (χ0v) is 11.7. The van der Waals surface area contributed by atoms with Gasteiger partial charge in [-0.05, 0) is 24.6 Å². The largest absolute Gasteiger partial charge is 0.493 e. The molecule has 0 amide bonds. The van der Waals surface area contributed by atoms with Crippen LogP contribution >= 0.6 is 28.1 Å².